The number of benzene rings is 1. The molecule has 2 aromatic heterocycles. The van der Waals surface area contributed by atoms with E-state index in [1.54, 1.807) is 0 Å². The number of halogens is 1. The number of aromatic nitrogens is 2. The van der Waals surface area contributed by atoms with Crippen LogP contribution in [-0.2, 0) is 4.79 Å². The maximum atomic E-state index is 11.1. The molecule has 2 N–H and O–H groups in total. The number of carbonyl (C=O) groups is 1. The zero-order valence-electron chi connectivity index (χ0n) is 14.4. The summed E-state index contributed by atoms with van der Waals surface area (Å²) in [5.41, 5.74) is 2.49. The van der Waals surface area contributed by atoms with E-state index >= 15 is 0 Å². The lowest BCUT2D eigenvalue weighted by molar-refractivity contribution is -0.114. The lowest BCUT2D eigenvalue weighted by Gasteiger charge is -2.03. The second kappa shape index (κ2) is 8.94. The summed E-state index contributed by atoms with van der Waals surface area (Å²) < 4.78 is 0. The van der Waals surface area contributed by atoms with Crippen LogP contribution in [0.3, 0.4) is 0 Å². The highest BCUT2D eigenvalue weighted by Crippen LogP contribution is 2.35. The van der Waals surface area contributed by atoms with E-state index in [0.717, 1.165) is 27.1 Å². The topological polar surface area (TPSA) is 66.9 Å². The molecule has 0 aliphatic carbocycles. The second-order valence-electron chi connectivity index (χ2n) is 4.76. The highest BCUT2D eigenvalue weighted by atomic mass is 35.5. The van der Waals surface area contributed by atoms with Crippen LogP contribution in [0.4, 0.5) is 16.0 Å². The number of hydrogen-bond acceptors (Lipinski definition) is 6. The largest absolute Gasteiger partial charge is 0.330 e. The Labute approximate surface area is 160 Å². The molecule has 3 rings (SSSR count). The molecule has 3 aromatic rings. The van der Waals surface area contributed by atoms with E-state index in [9.17, 15) is 4.79 Å². The number of anilines is 3. The minimum absolute atomic E-state index is 0.135. The predicted molar refractivity (Wildman–Crippen MR) is 108 cm³/mol. The zero-order valence-corrected chi connectivity index (χ0v) is 16.8. The van der Waals surface area contributed by atoms with E-state index in [0.29, 0.717) is 10.2 Å². The van der Waals surface area contributed by atoms with Crippen molar-refractivity contribution in [1.29, 1.82) is 0 Å². The van der Waals surface area contributed by atoms with Crippen LogP contribution in [0.2, 0.25) is 5.02 Å². The molecule has 0 spiro atoms. The first-order valence-electron chi connectivity index (χ1n) is 7.75. The van der Waals surface area contributed by atoms with Crippen molar-refractivity contribution in [1.82, 2.24) is 9.97 Å². The van der Waals surface area contributed by atoms with Gasteiger partial charge in [-0.2, -0.15) is 0 Å². The molecular weight excluding hydrogens is 376 g/mol. The molecule has 0 radical (unpaired) electrons. The van der Waals surface area contributed by atoms with Crippen molar-refractivity contribution in [3.8, 4) is 10.6 Å². The van der Waals surface area contributed by atoms with Gasteiger partial charge in [0.15, 0.2) is 10.3 Å². The van der Waals surface area contributed by atoms with Gasteiger partial charge in [0.1, 0.15) is 0 Å². The average molecular weight is 395 g/mol. The normalized spacial score (nSPS) is 9.96. The van der Waals surface area contributed by atoms with Gasteiger partial charge in [0.05, 0.1) is 27.0 Å². The third-order valence-corrected chi connectivity index (χ3v) is 5.11. The molecule has 0 atom stereocenters. The fraction of sp³-hybridized carbons (Fsp3) is 0.235. The van der Waals surface area contributed by atoms with Gasteiger partial charge < -0.3 is 10.6 Å². The molecule has 5 nitrogen and oxygen atoms in total. The Bertz CT molecular complexity index is 860. The van der Waals surface area contributed by atoms with Crippen LogP contribution in [0, 0.1) is 6.92 Å². The minimum Gasteiger partial charge on any atom is -0.330 e. The highest BCUT2D eigenvalue weighted by Gasteiger charge is 2.14. The number of nitrogens with zero attached hydrogens (tertiary/aromatic N) is 2. The SMILES string of the molecule is CC.CC(=O)Nc1nc(C)c(-c2csc(Nc3ccccc3Cl)n2)s1. The molecule has 0 unspecified atom stereocenters. The Morgan fingerprint density at radius 3 is 2.56 bits per heavy atom. The monoisotopic (exact) mass is 394 g/mol. The van der Waals surface area contributed by atoms with Gasteiger partial charge >= 0.3 is 0 Å². The Morgan fingerprint density at radius 2 is 1.88 bits per heavy atom. The fourth-order valence-electron chi connectivity index (χ4n) is 1.95. The summed E-state index contributed by atoms with van der Waals surface area (Å²) >= 11 is 9.04. The van der Waals surface area contributed by atoms with Crippen molar-refractivity contribution in [3.63, 3.8) is 0 Å². The van der Waals surface area contributed by atoms with E-state index in [2.05, 4.69) is 20.6 Å². The number of thiazole rings is 2. The van der Waals surface area contributed by atoms with Crippen molar-refractivity contribution in [3.05, 3.63) is 40.4 Å². The third kappa shape index (κ3) is 5.01. The van der Waals surface area contributed by atoms with Crippen molar-refractivity contribution in [2.75, 3.05) is 10.6 Å². The van der Waals surface area contributed by atoms with Crippen molar-refractivity contribution in [2.24, 2.45) is 0 Å². The summed E-state index contributed by atoms with van der Waals surface area (Å²) in [5, 5.41) is 9.85. The smallest absolute Gasteiger partial charge is 0.223 e. The molecule has 25 heavy (non-hydrogen) atoms. The van der Waals surface area contributed by atoms with E-state index in [1.165, 1.54) is 29.6 Å². The van der Waals surface area contributed by atoms with Gasteiger partial charge in [-0.25, -0.2) is 9.97 Å². The first-order valence-corrected chi connectivity index (χ1v) is 9.83. The molecule has 8 heteroatoms. The lowest BCUT2D eigenvalue weighted by Crippen LogP contribution is -2.04. The number of nitrogens with one attached hydrogen (secondary N) is 2. The zero-order chi connectivity index (χ0) is 18.4. The van der Waals surface area contributed by atoms with Gasteiger partial charge in [0.25, 0.3) is 0 Å². The first kappa shape index (κ1) is 19.4. The summed E-state index contributed by atoms with van der Waals surface area (Å²) in [5.74, 6) is -0.135. The van der Waals surface area contributed by atoms with E-state index in [-0.39, 0.29) is 5.91 Å². The summed E-state index contributed by atoms with van der Waals surface area (Å²) in [4.78, 5) is 21.0. The Kier molecular flexibility index (Phi) is 6.92. The van der Waals surface area contributed by atoms with Crippen LogP contribution in [-0.4, -0.2) is 15.9 Å². The number of rotatable bonds is 4. The summed E-state index contributed by atoms with van der Waals surface area (Å²) in [6.07, 6.45) is 0. The molecule has 0 aliphatic rings. The summed E-state index contributed by atoms with van der Waals surface area (Å²) in [7, 11) is 0. The van der Waals surface area contributed by atoms with Gasteiger partial charge in [-0.1, -0.05) is 48.9 Å². The summed E-state index contributed by atoms with van der Waals surface area (Å²) in [6.45, 7) is 7.36. The number of aryl methyl sites for hydroxylation is 1. The van der Waals surface area contributed by atoms with Crippen LogP contribution in [0.25, 0.3) is 10.6 Å². The minimum atomic E-state index is -0.135. The van der Waals surface area contributed by atoms with E-state index in [4.69, 9.17) is 11.6 Å². The van der Waals surface area contributed by atoms with Gasteiger partial charge in [-0.05, 0) is 19.1 Å². The third-order valence-electron chi connectivity index (χ3n) is 2.93. The van der Waals surface area contributed by atoms with Crippen LogP contribution >= 0.6 is 34.3 Å². The second-order valence-corrected chi connectivity index (χ2v) is 7.02. The van der Waals surface area contributed by atoms with Crippen molar-refractivity contribution >= 4 is 56.1 Å². The summed E-state index contributed by atoms with van der Waals surface area (Å²) in [6, 6.07) is 7.52. The maximum absolute atomic E-state index is 11.1. The average Bonchev–Trinajstić information content (AvgIpc) is 3.17. The molecule has 0 fully saturated rings. The first-order chi connectivity index (χ1) is 12.0. The molecule has 0 aliphatic heterocycles. The lowest BCUT2D eigenvalue weighted by atomic mass is 10.3. The quantitative estimate of drug-likeness (QED) is 0.573. The highest BCUT2D eigenvalue weighted by molar-refractivity contribution is 7.20. The van der Waals surface area contributed by atoms with E-state index < -0.39 is 0 Å². The fourth-order valence-corrected chi connectivity index (χ4v) is 3.90. The molecule has 1 amide bonds. The van der Waals surface area contributed by atoms with Gasteiger partial charge in [-0.15, -0.1) is 11.3 Å². The van der Waals surface area contributed by atoms with Crippen LogP contribution < -0.4 is 10.6 Å². The van der Waals surface area contributed by atoms with Crippen LogP contribution in [0.5, 0.6) is 0 Å². The van der Waals surface area contributed by atoms with Gasteiger partial charge in [0.2, 0.25) is 5.91 Å². The molecular formula is C17H19ClN4OS2. The standard InChI is InChI=1S/C15H13ClN4OS2.C2H6/c1-8-13(23-15(17-8)18-9(2)21)12-7-22-14(20-12)19-11-6-4-3-5-10(11)16;1-2/h3-7H,1-2H3,(H,19,20)(H,17,18,21);1-2H3. The Balaban J connectivity index is 0.00000109. The van der Waals surface area contributed by atoms with Crippen LogP contribution in [0.1, 0.15) is 26.5 Å². The Hall–Kier alpha value is -1.96. The molecule has 2 heterocycles. The van der Waals surface area contributed by atoms with Crippen LogP contribution in [0.15, 0.2) is 29.6 Å². The number of carbonyl (C=O) groups excluding carboxylic acids is 1. The molecule has 0 bridgehead atoms. The molecule has 0 saturated carbocycles. The Morgan fingerprint density at radius 1 is 1.16 bits per heavy atom. The van der Waals surface area contributed by atoms with Crippen molar-refractivity contribution in [2.45, 2.75) is 27.7 Å². The predicted octanol–water partition coefficient (Wildman–Crippen LogP) is 5.96. The number of amides is 1. The van der Waals surface area contributed by atoms with Gasteiger partial charge in [-0.3, -0.25) is 4.79 Å². The molecule has 0 saturated heterocycles. The van der Waals surface area contributed by atoms with E-state index in [1.807, 2.05) is 50.4 Å². The number of para-hydroxylation sites is 1. The molecule has 1 aromatic carbocycles. The van der Waals surface area contributed by atoms with Crippen molar-refractivity contribution < 1.29 is 4.79 Å². The van der Waals surface area contributed by atoms with Gasteiger partial charge in [0, 0.05) is 12.3 Å². The molecule has 132 valence electrons. The maximum Gasteiger partial charge on any atom is 0.223 e. The number of hydrogen-bond donors (Lipinski definition) is 2.